The van der Waals surface area contributed by atoms with E-state index in [1.807, 2.05) is 6.92 Å². The second-order valence-electron chi connectivity index (χ2n) is 11.9. The van der Waals surface area contributed by atoms with Crippen molar-refractivity contribution in [2.45, 2.75) is 39.3 Å². The predicted octanol–water partition coefficient (Wildman–Crippen LogP) is -4.59. The fraction of sp³-hybridized carbons (Fsp3) is 0.929. The molecule has 2 aliphatic rings. The maximum absolute atomic E-state index is 11.9. The van der Waals surface area contributed by atoms with Gasteiger partial charge in [-0.1, -0.05) is 0 Å². The predicted molar refractivity (Wildman–Crippen MR) is 161 cm³/mol. The molecule has 5 atom stereocenters. The zero-order chi connectivity index (χ0) is 31.1. The van der Waals surface area contributed by atoms with Crippen LogP contribution in [0, 0.1) is 0 Å². The number of carbonyl (C=O) groups excluding carboxylic acids is 2. The topological polar surface area (TPSA) is 138 Å². The number of rotatable bonds is 26. The van der Waals surface area contributed by atoms with Crippen LogP contribution in [0.5, 0.6) is 0 Å². The van der Waals surface area contributed by atoms with Crippen molar-refractivity contribution in [3.8, 4) is 0 Å². The van der Waals surface area contributed by atoms with Crippen LogP contribution in [0.4, 0.5) is 0 Å². The number of nitrogens with one attached hydrogen (secondary N) is 2. The van der Waals surface area contributed by atoms with E-state index < -0.39 is 0 Å². The number of alkyl halides is 1. The zero-order valence-electron chi connectivity index (χ0n) is 27.0. The van der Waals surface area contributed by atoms with Crippen molar-refractivity contribution >= 4 is 11.8 Å². The summed E-state index contributed by atoms with van der Waals surface area (Å²) in [6, 6.07) is 0. The first-order valence-electron chi connectivity index (χ1n) is 15.6. The van der Waals surface area contributed by atoms with Gasteiger partial charge in [0, 0.05) is 0 Å². The molecule has 0 aliphatic carbocycles. The van der Waals surface area contributed by atoms with E-state index in [4.69, 9.17) is 20.9 Å². The summed E-state index contributed by atoms with van der Waals surface area (Å²) in [5.74, 6) is 0.0507. The van der Waals surface area contributed by atoms with Crippen molar-refractivity contribution < 1.29 is 47.7 Å². The molecule has 0 aromatic rings. The van der Waals surface area contributed by atoms with Gasteiger partial charge < -0.3 is 0 Å². The second-order valence-corrected chi connectivity index (χ2v) is 15.7. The Labute approximate surface area is 265 Å². The maximum atomic E-state index is 11.9. The van der Waals surface area contributed by atoms with Gasteiger partial charge in [-0.05, 0) is 0 Å². The molecular weight excluding hydrogens is 653 g/mol. The molecular formula is C28H61IN9O4+. The Kier molecular flexibility index (Phi) is 16.9. The van der Waals surface area contributed by atoms with Gasteiger partial charge in [0.1, 0.15) is 0 Å². The minimum atomic E-state index is -0.191. The van der Waals surface area contributed by atoms with Gasteiger partial charge in [-0.15, -0.1) is 0 Å². The van der Waals surface area contributed by atoms with Crippen LogP contribution in [-0.2, 0) is 19.1 Å². The van der Waals surface area contributed by atoms with Crippen LogP contribution in [0.2, 0.25) is 0 Å². The van der Waals surface area contributed by atoms with Crippen LogP contribution in [0.3, 0.4) is 0 Å². The molecule has 2 amide bonds. The fourth-order valence-corrected chi connectivity index (χ4v) is 8.82. The van der Waals surface area contributed by atoms with Crippen molar-refractivity contribution in [1.29, 1.82) is 0 Å². The molecule has 6 N–H and O–H groups in total. The minimum absolute atomic E-state index is 0.0175. The van der Waals surface area contributed by atoms with Crippen LogP contribution in [0.25, 0.3) is 0 Å². The molecule has 5 unspecified atom stereocenters. The Bertz CT molecular complexity index is 811. The molecule has 42 heavy (non-hydrogen) atoms. The van der Waals surface area contributed by atoms with Crippen LogP contribution >= 0.6 is 0 Å². The summed E-state index contributed by atoms with van der Waals surface area (Å²) in [4.78, 5) is 25.8. The number of methoxy groups -OCH3 is 1. The normalized spacial score (nSPS) is 26.3. The number of hydrazine groups is 1. The van der Waals surface area contributed by atoms with Gasteiger partial charge in [0.25, 0.3) is 0 Å². The van der Waals surface area contributed by atoms with Crippen LogP contribution in [-0.4, -0.2) is 170 Å². The molecule has 2 saturated heterocycles. The fourth-order valence-electron chi connectivity index (χ4n) is 5.46. The summed E-state index contributed by atoms with van der Waals surface area (Å²) in [5.41, 5.74) is 12.4. The SMILES string of the molecule is CCC(=O)NCCN(CCNC(C)=O)CC[N+](CCOCCOC)(CCN1CN1C)[I-]CCC[N+]1(CCN)CC1(C)N. The van der Waals surface area contributed by atoms with E-state index in [1.54, 1.807) is 14.0 Å². The molecule has 13 nitrogen and oxygen atoms in total. The summed E-state index contributed by atoms with van der Waals surface area (Å²) in [7, 11) is 3.84. The molecule has 0 spiro atoms. The van der Waals surface area contributed by atoms with Gasteiger partial charge >= 0.3 is 266 Å². The van der Waals surface area contributed by atoms with Crippen molar-refractivity contribution in [2.24, 2.45) is 11.5 Å². The third kappa shape index (κ3) is 13.5. The van der Waals surface area contributed by atoms with Gasteiger partial charge in [0.05, 0.1) is 0 Å². The summed E-state index contributed by atoms with van der Waals surface area (Å²) >= 11 is -0.191. The van der Waals surface area contributed by atoms with E-state index in [0.29, 0.717) is 45.9 Å². The van der Waals surface area contributed by atoms with Gasteiger partial charge in [0.15, 0.2) is 0 Å². The van der Waals surface area contributed by atoms with Crippen molar-refractivity contribution in [1.82, 2.24) is 25.6 Å². The van der Waals surface area contributed by atoms with Gasteiger partial charge in [0.2, 0.25) is 0 Å². The number of carbonyl (C=O) groups is 2. The number of nitrogens with two attached hydrogens (primary N) is 2. The number of amides is 2. The van der Waals surface area contributed by atoms with Crippen LogP contribution in [0.1, 0.15) is 33.6 Å². The molecule has 0 bridgehead atoms. The van der Waals surface area contributed by atoms with Crippen LogP contribution < -0.4 is 43.6 Å². The monoisotopic (exact) mass is 714 g/mol. The summed E-state index contributed by atoms with van der Waals surface area (Å²) in [6.07, 6.45) is 1.66. The average molecular weight is 715 g/mol. The van der Waals surface area contributed by atoms with E-state index in [9.17, 15) is 9.59 Å². The Morgan fingerprint density at radius 3 is 2.36 bits per heavy atom. The van der Waals surface area contributed by atoms with Crippen molar-refractivity contribution in [3.63, 3.8) is 0 Å². The Morgan fingerprint density at radius 1 is 1.10 bits per heavy atom. The molecule has 2 aliphatic heterocycles. The molecule has 0 saturated carbocycles. The first-order valence-corrected chi connectivity index (χ1v) is 18.1. The number of nitrogens with zero attached hydrogens (tertiary/aromatic N) is 5. The molecule has 14 heteroatoms. The number of quaternary nitrogens is 2. The number of hydrogen-bond acceptors (Lipinski definition) is 9. The first kappa shape index (κ1) is 37.5. The molecule has 0 aromatic heterocycles. The van der Waals surface area contributed by atoms with Crippen molar-refractivity contribution in [3.05, 3.63) is 0 Å². The molecule has 2 heterocycles. The summed E-state index contributed by atoms with van der Waals surface area (Å²) in [6.45, 7) is 20.1. The number of halogens is 1. The molecule has 0 radical (unpaired) electrons. The standard InChI is InChI=1S/C28H60IN9O4/c1-6-27(40)33-11-13-35(12-10-32-26(2)39)14-18-38(19-15-36-25-34(36)4,20-21-42-23-22-41-5)29-8-7-16-37(17-9-30)24-28(37,3)31/h6-25,30-31H2,1-5H3,(H-,32,33,39,40)/p+1. The van der Waals surface area contributed by atoms with Gasteiger partial charge in [-0.25, -0.2) is 0 Å². The first-order chi connectivity index (χ1) is 20.0. The zero-order valence-corrected chi connectivity index (χ0v) is 29.2. The average Bonchev–Trinajstić information content (AvgIpc) is 3.80. The van der Waals surface area contributed by atoms with Gasteiger partial charge in [-0.2, -0.15) is 0 Å². The summed E-state index contributed by atoms with van der Waals surface area (Å²) < 4.78 is 14.5. The Morgan fingerprint density at radius 2 is 1.79 bits per heavy atom. The number of hydrogen-bond donors (Lipinski definition) is 4. The second kappa shape index (κ2) is 19.0. The van der Waals surface area contributed by atoms with Crippen LogP contribution in [0.15, 0.2) is 0 Å². The van der Waals surface area contributed by atoms with Crippen molar-refractivity contribution in [2.75, 3.05) is 130 Å². The Balaban J connectivity index is 2.09. The van der Waals surface area contributed by atoms with E-state index in [-0.39, 0.29) is 39.0 Å². The third-order valence-corrected chi connectivity index (χ3v) is 12.6. The van der Waals surface area contributed by atoms with E-state index >= 15 is 0 Å². The van der Waals surface area contributed by atoms with E-state index in [2.05, 4.69) is 39.5 Å². The number of ether oxygens (including phenoxy) is 2. The summed E-state index contributed by atoms with van der Waals surface area (Å²) in [5, 5.41) is 10.6. The third-order valence-electron chi connectivity index (χ3n) is 8.50. The Hall–Kier alpha value is -0.690. The quantitative estimate of drug-likeness (QED) is 0.0174. The van der Waals surface area contributed by atoms with E-state index in [0.717, 1.165) is 79.3 Å². The molecule has 2 fully saturated rings. The molecule has 2 rings (SSSR count). The van der Waals surface area contributed by atoms with Gasteiger partial charge in [-0.3, -0.25) is 0 Å². The van der Waals surface area contributed by atoms with E-state index in [1.165, 1.54) is 10.8 Å². The molecule has 248 valence electrons. The molecule has 0 aromatic carbocycles.